The van der Waals surface area contributed by atoms with E-state index >= 15 is 0 Å². The molecule has 0 unspecified atom stereocenters. The number of carbonyl (C=O) groups excluding carboxylic acids is 1. The van der Waals surface area contributed by atoms with Gasteiger partial charge < -0.3 is 14.5 Å². The molecule has 0 radical (unpaired) electrons. The standard InChI is InChI=1S/C18H18N4O4S/c1-10-6-12(9-15(23)19-10)17(24)20-18-22-21-16(27-18)8-11-4-5-13(25-2)14(7-11)26-3/h4-7,9H,8H2,1-3H3,(H,19,23)(H,20,22,24). The van der Waals surface area contributed by atoms with Crippen LogP contribution in [-0.4, -0.2) is 35.3 Å². The van der Waals surface area contributed by atoms with Crippen molar-refractivity contribution in [2.45, 2.75) is 13.3 Å². The summed E-state index contributed by atoms with van der Waals surface area (Å²) in [5.41, 5.74) is 1.53. The van der Waals surface area contributed by atoms with Crippen molar-refractivity contribution in [2.24, 2.45) is 0 Å². The van der Waals surface area contributed by atoms with Gasteiger partial charge in [-0.25, -0.2) is 0 Å². The van der Waals surface area contributed by atoms with Crippen LogP contribution in [0.5, 0.6) is 11.5 Å². The summed E-state index contributed by atoms with van der Waals surface area (Å²) in [7, 11) is 3.16. The van der Waals surface area contributed by atoms with Crippen LogP contribution in [0, 0.1) is 6.92 Å². The first kappa shape index (κ1) is 18.6. The second-order valence-electron chi connectivity index (χ2n) is 5.74. The number of methoxy groups -OCH3 is 2. The summed E-state index contributed by atoms with van der Waals surface area (Å²) in [4.78, 5) is 26.4. The van der Waals surface area contributed by atoms with E-state index in [0.717, 1.165) is 10.6 Å². The highest BCUT2D eigenvalue weighted by molar-refractivity contribution is 7.15. The summed E-state index contributed by atoms with van der Waals surface area (Å²) in [5.74, 6) is 0.885. The van der Waals surface area contributed by atoms with Gasteiger partial charge in [0.1, 0.15) is 5.01 Å². The third-order valence-electron chi connectivity index (χ3n) is 3.73. The predicted octanol–water partition coefficient (Wildman–Crippen LogP) is 2.40. The van der Waals surface area contributed by atoms with Crippen molar-refractivity contribution in [2.75, 3.05) is 19.5 Å². The zero-order chi connectivity index (χ0) is 19.4. The summed E-state index contributed by atoms with van der Waals surface area (Å²) in [5, 5.41) is 11.9. The van der Waals surface area contributed by atoms with Crippen molar-refractivity contribution in [3.05, 3.63) is 62.5 Å². The fourth-order valence-corrected chi connectivity index (χ4v) is 3.29. The molecule has 2 N–H and O–H groups in total. The van der Waals surface area contributed by atoms with Gasteiger partial charge in [-0.2, -0.15) is 0 Å². The Hall–Kier alpha value is -3.20. The Labute approximate surface area is 159 Å². The Morgan fingerprint density at radius 1 is 1.15 bits per heavy atom. The van der Waals surface area contributed by atoms with Crippen molar-refractivity contribution >= 4 is 22.4 Å². The number of amides is 1. The lowest BCUT2D eigenvalue weighted by atomic mass is 10.1. The van der Waals surface area contributed by atoms with Crippen molar-refractivity contribution in [3.8, 4) is 11.5 Å². The number of nitrogens with zero attached hydrogens (tertiary/aromatic N) is 2. The molecule has 0 aliphatic carbocycles. The summed E-state index contributed by atoms with van der Waals surface area (Å²) in [6, 6.07) is 8.46. The number of nitrogens with one attached hydrogen (secondary N) is 2. The lowest BCUT2D eigenvalue weighted by Gasteiger charge is -2.08. The molecule has 27 heavy (non-hydrogen) atoms. The number of aromatic amines is 1. The highest BCUT2D eigenvalue weighted by atomic mass is 32.1. The van der Waals surface area contributed by atoms with Crippen LogP contribution < -0.4 is 20.3 Å². The number of ether oxygens (including phenoxy) is 2. The van der Waals surface area contributed by atoms with Crippen molar-refractivity contribution in [1.82, 2.24) is 15.2 Å². The van der Waals surface area contributed by atoms with Crippen molar-refractivity contribution in [3.63, 3.8) is 0 Å². The molecule has 140 valence electrons. The Bertz CT molecular complexity index is 1030. The van der Waals surface area contributed by atoms with Crippen LogP contribution in [0.3, 0.4) is 0 Å². The molecule has 0 aliphatic heterocycles. The average Bonchev–Trinajstić information content (AvgIpc) is 3.07. The zero-order valence-electron chi connectivity index (χ0n) is 15.0. The van der Waals surface area contributed by atoms with Crippen molar-refractivity contribution in [1.29, 1.82) is 0 Å². The molecule has 3 aromatic rings. The average molecular weight is 386 g/mol. The first-order valence-corrected chi connectivity index (χ1v) is 8.85. The molecule has 1 amide bonds. The van der Waals surface area contributed by atoms with Gasteiger partial charge >= 0.3 is 0 Å². The van der Waals surface area contributed by atoms with E-state index in [1.54, 1.807) is 27.2 Å². The third-order valence-corrected chi connectivity index (χ3v) is 4.57. The quantitative estimate of drug-likeness (QED) is 0.674. The number of rotatable bonds is 6. The number of aryl methyl sites for hydroxylation is 1. The number of H-pyrrole nitrogens is 1. The molecule has 9 heteroatoms. The molecule has 0 bridgehead atoms. The number of benzene rings is 1. The Morgan fingerprint density at radius 2 is 1.93 bits per heavy atom. The summed E-state index contributed by atoms with van der Waals surface area (Å²) < 4.78 is 10.5. The second kappa shape index (κ2) is 8.00. The molecule has 0 saturated carbocycles. The van der Waals surface area contributed by atoms with Gasteiger partial charge in [0, 0.05) is 23.7 Å². The maximum absolute atomic E-state index is 12.3. The summed E-state index contributed by atoms with van der Waals surface area (Å²) in [6.07, 6.45) is 0.540. The topological polar surface area (TPSA) is 106 Å². The van der Waals surface area contributed by atoms with Crippen LogP contribution in [0.25, 0.3) is 0 Å². The van der Waals surface area contributed by atoms with E-state index < -0.39 is 5.91 Å². The minimum Gasteiger partial charge on any atom is -0.493 e. The summed E-state index contributed by atoms with van der Waals surface area (Å²) >= 11 is 1.27. The molecule has 2 heterocycles. The molecule has 8 nitrogen and oxygen atoms in total. The van der Waals surface area contributed by atoms with Crippen LogP contribution in [-0.2, 0) is 6.42 Å². The van der Waals surface area contributed by atoms with Gasteiger partial charge in [0.25, 0.3) is 5.91 Å². The number of carbonyl (C=O) groups is 1. The minimum absolute atomic E-state index is 0.271. The van der Waals surface area contributed by atoms with Crippen LogP contribution >= 0.6 is 11.3 Å². The van der Waals surface area contributed by atoms with E-state index in [-0.39, 0.29) is 11.1 Å². The van der Waals surface area contributed by atoms with E-state index in [9.17, 15) is 9.59 Å². The molecule has 0 spiro atoms. The number of anilines is 1. The van der Waals surface area contributed by atoms with E-state index in [2.05, 4.69) is 20.5 Å². The van der Waals surface area contributed by atoms with Crippen molar-refractivity contribution < 1.29 is 14.3 Å². The summed E-state index contributed by atoms with van der Waals surface area (Å²) in [6.45, 7) is 1.71. The van der Waals surface area contributed by atoms with E-state index in [0.29, 0.717) is 28.7 Å². The monoisotopic (exact) mass is 386 g/mol. The molecule has 2 aromatic heterocycles. The number of hydrogen-bond acceptors (Lipinski definition) is 7. The SMILES string of the molecule is COc1ccc(Cc2nnc(NC(=O)c3cc(C)[nH]c(=O)c3)s2)cc1OC. The first-order chi connectivity index (χ1) is 13.0. The maximum atomic E-state index is 12.3. The van der Waals surface area contributed by atoms with E-state index in [4.69, 9.17) is 9.47 Å². The van der Waals surface area contributed by atoms with E-state index in [1.807, 2.05) is 18.2 Å². The molecule has 0 aliphatic rings. The second-order valence-corrected chi connectivity index (χ2v) is 6.80. The lowest BCUT2D eigenvalue weighted by Crippen LogP contribution is -2.16. The van der Waals surface area contributed by atoms with Gasteiger partial charge in [-0.3, -0.25) is 14.9 Å². The van der Waals surface area contributed by atoms with Gasteiger partial charge in [-0.15, -0.1) is 10.2 Å². The molecular weight excluding hydrogens is 368 g/mol. The van der Waals surface area contributed by atoms with Crippen LogP contribution in [0.2, 0.25) is 0 Å². The third kappa shape index (κ3) is 4.50. The zero-order valence-corrected chi connectivity index (χ0v) is 15.8. The number of hydrogen-bond donors (Lipinski definition) is 2. The van der Waals surface area contributed by atoms with Gasteiger partial charge in [-0.05, 0) is 30.7 Å². The maximum Gasteiger partial charge on any atom is 0.257 e. The fraction of sp³-hybridized carbons (Fsp3) is 0.222. The molecule has 1 aromatic carbocycles. The Morgan fingerprint density at radius 3 is 2.63 bits per heavy atom. The molecule has 0 fully saturated rings. The molecule has 0 saturated heterocycles. The van der Waals surface area contributed by atoms with Crippen LogP contribution in [0.4, 0.5) is 5.13 Å². The largest absolute Gasteiger partial charge is 0.493 e. The normalized spacial score (nSPS) is 10.5. The molecular formula is C18H18N4O4S. The highest BCUT2D eigenvalue weighted by Crippen LogP contribution is 2.29. The smallest absolute Gasteiger partial charge is 0.257 e. The van der Waals surface area contributed by atoms with E-state index in [1.165, 1.54) is 17.4 Å². The molecule has 0 atom stereocenters. The Kier molecular flexibility index (Phi) is 5.51. The highest BCUT2D eigenvalue weighted by Gasteiger charge is 2.13. The fourth-order valence-electron chi connectivity index (χ4n) is 2.52. The number of pyridine rings is 1. The van der Waals surface area contributed by atoms with Crippen LogP contribution in [0.1, 0.15) is 26.6 Å². The van der Waals surface area contributed by atoms with Gasteiger partial charge in [-0.1, -0.05) is 17.4 Å². The number of aromatic nitrogens is 3. The van der Waals surface area contributed by atoms with Crippen LogP contribution in [0.15, 0.2) is 35.1 Å². The van der Waals surface area contributed by atoms with Gasteiger partial charge in [0.15, 0.2) is 11.5 Å². The molecule has 3 rings (SSSR count). The minimum atomic E-state index is -0.405. The lowest BCUT2D eigenvalue weighted by molar-refractivity contribution is 0.102. The first-order valence-electron chi connectivity index (χ1n) is 8.04. The van der Waals surface area contributed by atoms with Gasteiger partial charge in [0.05, 0.1) is 14.2 Å². The predicted molar refractivity (Wildman–Crippen MR) is 102 cm³/mol. The van der Waals surface area contributed by atoms with Gasteiger partial charge in [0.2, 0.25) is 10.7 Å². The Balaban J connectivity index is 1.71.